The Hall–Kier alpha value is -1.37. The maximum Gasteiger partial charge on any atom is 0.356 e. The van der Waals surface area contributed by atoms with Gasteiger partial charge in [0.15, 0.2) is 5.69 Å². The Morgan fingerprint density at radius 1 is 1.38 bits per heavy atom. The molecule has 0 bridgehead atoms. The third kappa shape index (κ3) is 2.59. The summed E-state index contributed by atoms with van der Waals surface area (Å²) in [6.45, 7) is 4.45. The molecule has 3 rings (SSSR count). The Kier molecular flexibility index (Phi) is 3.55. The van der Waals surface area contributed by atoms with E-state index in [1.807, 2.05) is 28.9 Å². The molecule has 0 fully saturated rings. The number of aromatic nitrogens is 2. The van der Waals surface area contributed by atoms with Crippen LogP contribution in [0, 0.1) is 8.99 Å². The summed E-state index contributed by atoms with van der Waals surface area (Å²) in [6, 6.07) is 7.93. The molecular formula is C16H17IN2O2. The smallest absolute Gasteiger partial charge is 0.356 e. The van der Waals surface area contributed by atoms with Gasteiger partial charge in [-0.05, 0) is 59.4 Å². The van der Waals surface area contributed by atoms with Crippen LogP contribution in [0.4, 0.5) is 0 Å². The predicted octanol–water partition coefficient (Wildman–Crippen LogP) is 3.69. The van der Waals surface area contributed by atoms with Crippen LogP contribution in [-0.4, -0.2) is 20.9 Å². The normalized spacial score (nSPS) is 16.5. The van der Waals surface area contributed by atoms with Gasteiger partial charge in [-0.3, -0.25) is 0 Å². The number of halogens is 1. The molecule has 1 aromatic heterocycles. The number of benzene rings is 1. The van der Waals surface area contributed by atoms with E-state index in [1.165, 1.54) is 0 Å². The Bertz CT molecular complexity index is 719. The number of hydrogen-bond acceptors (Lipinski definition) is 2. The van der Waals surface area contributed by atoms with E-state index in [0.717, 1.165) is 39.8 Å². The predicted molar refractivity (Wildman–Crippen MR) is 89.0 cm³/mol. The lowest BCUT2D eigenvalue weighted by Gasteiger charge is -2.30. The molecule has 0 unspecified atom stereocenters. The van der Waals surface area contributed by atoms with Gasteiger partial charge < -0.3 is 5.11 Å². The van der Waals surface area contributed by atoms with E-state index in [1.54, 1.807) is 0 Å². The quantitative estimate of drug-likeness (QED) is 0.788. The minimum absolute atomic E-state index is 0.181. The first-order valence-electron chi connectivity index (χ1n) is 6.98. The second-order valence-corrected chi connectivity index (χ2v) is 7.45. The lowest BCUT2D eigenvalue weighted by atomic mass is 9.76. The zero-order valence-electron chi connectivity index (χ0n) is 12.1. The highest BCUT2D eigenvalue weighted by Gasteiger charge is 2.33. The molecular weight excluding hydrogens is 379 g/mol. The number of fused-ring (bicyclic) bond motifs is 1. The van der Waals surface area contributed by atoms with E-state index in [4.69, 9.17) is 0 Å². The zero-order valence-corrected chi connectivity index (χ0v) is 14.2. The van der Waals surface area contributed by atoms with Crippen molar-refractivity contribution in [2.75, 3.05) is 0 Å². The molecule has 5 heteroatoms. The topological polar surface area (TPSA) is 55.1 Å². The summed E-state index contributed by atoms with van der Waals surface area (Å²) in [6.07, 6.45) is 2.64. The van der Waals surface area contributed by atoms with E-state index >= 15 is 0 Å². The van der Waals surface area contributed by atoms with Crippen LogP contribution in [0.3, 0.4) is 0 Å². The third-order valence-electron chi connectivity index (χ3n) is 4.07. The largest absolute Gasteiger partial charge is 0.476 e. The maximum atomic E-state index is 11.5. The molecule has 0 spiro atoms. The van der Waals surface area contributed by atoms with Crippen molar-refractivity contribution in [2.45, 2.75) is 33.1 Å². The van der Waals surface area contributed by atoms with Crippen LogP contribution in [0.15, 0.2) is 24.3 Å². The molecule has 1 aliphatic carbocycles. The van der Waals surface area contributed by atoms with Crippen LogP contribution in [0.1, 0.15) is 42.0 Å². The van der Waals surface area contributed by atoms with Crippen LogP contribution >= 0.6 is 22.6 Å². The first-order valence-corrected chi connectivity index (χ1v) is 8.06. The molecule has 1 N–H and O–H groups in total. The standard InChI is InChI=1S/C16H17IN2O2/c1-16(2)8-7-10-13(9-16)19(18-14(10)15(20)21)12-6-4-3-5-11(12)17/h3-6H,7-9H2,1-2H3,(H,20,21). The van der Waals surface area contributed by atoms with Gasteiger partial charge in [0, 0.05) is 14.8 Å². The summed E-state index contributed by atoms with van der Waals surface area (Å²) in [5, 5.41) is 13.8. The first kappa shape index (κ1) is 14.6. The van der Waals surface area contributed by atoms with Gasteiger partial charge in [-0.1, -0.05) is 26.0 Å². The third-order valence-corrected chi connectivity index (χ3v) is 4.98. The molecule has 4 nitrogen and oxygen atoms in total. The SMILES string of the molecule is CC1(C)CCc2c(C(=O)O)nn(-c3ccccc3I)c2C1. The molecule has 1 aromatic carbocycles. The minimum Gasteiger partial charge on any atom is -0.476 e. The summed E-state index contributed by atoms with van der Waals surface area (Å²) in [7, 11) is 0. The van der Waals surface area contributed by atoms with Crippen LogP contribution in [0.5, 0.6) is 0 Å². The molecule has 0 atom stereocenters. The van der Waals surface area contributed by atoms with Gasteiger partial charge >= 0.3 is 5.97 Å². The van der Waals surface area contributed by atoms with E-state index < -0.39 is 5.97 Å². The molecule has 110 valence electrons. The number of hydrogen-bond donors (Lipinski definition) is 1. The van der Waals surface area contributed by atoms with Gasteiger partial charge in [-0.2, -0.15) is 5.10 Å². The number of aromatic carboxylic acids is 1. The van der Waals surface area contributed by atoms with Crippen molar-refractivity contribution in [3.05, 3.63) is 44.8 Å². The molecule has 0 radical (unpaired) electrons. The Balaban J connectivity index is 2.22. The summed E-state index contributed by atoms with van der Waals surface area (Å²) in [5.74, 6) is -0.935. The van der Waals surface area contributed by atoms with Gasteiger partial charge in [0.25, 0.3) is 0 Å². The number of carboxylic acids is 1. The van der Waals surface area contributed by atoms with Gasteiger partial charge in [0.2, 0.25) is 0 Å². The number of para-hydroxylation sites is 1. The molecule has 0 saturated heterocycles. The van der Waals surface area contributed by atoms with E-state index in [0.29, 0.717) is 0 Å². The lowest BCUT2D eigenvalue weighted by Crippen LogP contribution is -2.24. The van der Waals surface area contributed by atoms with Crippen LogP contribution in [0.25, 0.3) is 5.69 Å². The van der Waals surface area contributed by atoms with E-state index in [9.17, 15) is 9.90 Å². The van der Waals surface area contributed by atoms with Crippen LogP contribution in [0.2, 0.25) is 0 Å². The fourth-order valence-corrected chi connectivity index (χ4v) is 3.55. The van der Waals surface area contributed by atoms with Gasteiger partial charge in [0.05, 0.1) is 5.69 Å². The number of rotatable bonds is 2. The maximum absolute atomic E-state index is 11.5. The summed E-state index contributed by atoms with van der Waals surface area (Å²) < 4.78 is 2.90. The van der Waals surface area contributed by atoms with Crippen molar-refractivity contribution in [2.24, 2.45) is 5.41 Å². The lowest BCUT2D eigenvalue weighted by molar-refractivity contribution is 0.0688. The van der Waals surface area contributed by atoms with Crippen molar-refractivity contribution in [3.63, 3.8) is 0 Å². The highest BCUT2D eigenvalue weighted by atomic mass is 127. The average molecular weight is 396 g/mol. The van der Waals surface area contributed by atoms with Crippen LogP contribution < -0.4 is 0 Å². The monoisotopic (exact) mass is 396 g/mol. The van der Waals surface area contributed by atoms with Crippen molar-refractivity contribution in [3.8, 4) is 5.69 Å². The molecule has 0 saturated carbocycles. The second-order valence-electron chi connectivity index (χ2n) is 6.28. The number of nitrogens with zero attached hydrogens (tertiary/aromatic N) is 2. The van der Waals surface area contributed by atoms with E-state index in [2.05, 4.69) is 41.5 Å². The minimum atomic E-state index is -0.935. The average Bonchev–Trinajstić information content (AvgIpc) is 2.76. The van der Waals surface area contributed by atoms with E-state index in [-0.39, 0.29) is 11.1 Å². The van der Waals surface area contributed by atoms with Gasteiger partial charge in [0.1, 0.15) is 0 Å². The number of carboxylic acid groups (broad SMARTS) is 1. The van der Waals surface area contributed by atoms with Crippen molar-refractivity contribution >= 4 is 28.6 Å². The Morgan fingerprint density at radius 2 is 2.10 bits per heavy atom. The summed E-state index contributed by atoms with van der Waals surface area (Å²) >= 11 is 2.27. The van der Waals surface area contributed by atoms with Gasteiger partial charge in [-0.15, -0.1) is 0 Å². The highest BCUT2D eigenvalue weighted by Crippen LogP contribution is 2.37. The Labute approximate surface area is 137 Å². The van der Waals surface area contributed by atoms with Crippen molar-refractivity contribution < 1.29 is 9.90 Å². The van der Waals surface area contributed by atoms with Crippen molar-refractivity contribution in [1.29, 1.82) is 0 Å². The molecule has 0 amide bonds. The fraction of sp³-hybridized carbons (Fsp3) is 0.375. The summed E-state index contributed by atoms with van der Waals surface area (Å²) in [4.78, 5) is 11.5. The van der Waals surface area contributed by atoms with Crippen LogP contribution in [-0.2, 0) is 12.8 Å². The highest BCUT2D eigenvalue weighted by molar-refractivity contribution is 14.1. The zero-order chi connectivity index (χ0) is 15.2. The first-order chi connectivity index (χ1) is 9.89. The molecule has 21 heavy (non-hydrogen) atoms. The fourth-order valence-electron chi connectivity index (χ4n) is 2.93. The second kappa shape index (κ2) is 5.12. The van der Waals surface area contributed by atoms with Crippen molar-refractivity contribution in [1.82, 2.24) is 9.78 Å². The number of carbonyl (C=O) groups is 1. The molecule has 1 aliphatic rings. The molecule has 0 aliphatic heterocycles. The Morgan fingerprint density at radius 3 is 2.76 bits per heavy atom. The van der Waals surface area contributed by atoms with Gasteiger partial charge in [-0.25, -0.2) is 9.48 Å². The summed E-state index contributed by atoms with van der Waals surface area (Å²) in [5.41, 5.74) is 3.30. The molecule has 2 aromatic rings. The molecule has 1 heterocycles.